The van der Waals surface area contributed by atoms with E-state index < -0.39 is 0 Å². The molecule has 2 aromatic rings. The predicted molar refractivity (Wildman–Crippen MR) is 143 cm³/mol. The molecule has 0 radical (unpaired) electrons. The number of aromatic nitrogens is 2. The van der Waals surface area contributed by atoms with Crippen molar-refractivity contribution >= 4 is 23.3 Å². The molecule has 1 amide bonds. The van der Waals surface area contributed by atoms with Crippen LogP contribution >= 0.6 is 11.6 Å². The largest absolute Gasteiger partial charge is 0.381 e. The van der Waals surface area contributed by atoms with E-state index in [0.717, 1.165) is 81.4 Å². The number of fused-ring (bicyclic) bond motifs is 1. The minimum absolute atomic E-state index is 0.192. The van der Waals surface area contributed by atoms with Crippen LogP contribution in [0.5, 0.6) is 0 Å². The summed E-state index contributed by atoms with van der Waals surface area (Å²) in [4.78, 5) is 27.3. The van der Waals surface area contributed by atoms with E-state index in [2.05, 4.69) is 27.1 Å². The second-order valence-corrected chi connectivity index (χ2v) is 10.9. The molecule has 2 saturated heterocycles. The minimum atomic E-state index is -0.235. The number of rotatable bonds is 8. The monoisotopic (exact) mass is 511 g/mol. The number of anilines is 1. The highest BCUT2D eigenvalue weighted by molar-refractivity contribution is 6.30. The first kappa shape index (κ1) is 25.4. The molecule has 0 bridgehead atoms. The van der Waals surface area contributed by atoms with Crippen LogP contribution < -0.4 is 10.2 Å². The molecule has 7 nitrogen and oxygen atoms in total. The first-order valence-electron chi connectivity index (χ1n) is 13.5. The van der Waals surface area contributed by atoms with Crippen molar-refractivity contribution in [2.75, 3.05) is 50.8 Å². The number of ether oxygens (including phenoxy) is 1. The van der Waals surface area contributed by atoms with Crippen molar-refractivity contribution in [3.8, 4) is 0 Å². The molecule has 194 valence electrons. The highest BCUT2D eigenvalue weighted by atomic mass is 35.5. The molecule has 3 aliphatic rings. The average Bonchev–Trinajstić information content (AvgIpc) is 3.30. The number of benzene rings is 1. The summed E-state index contributed by atoms with van der Waals surface area (Å²) in [5.74, 6) is 2.44. The number of nitrogens with one attached hydrogen (secondary N) is 1. The van der Waals surface area contributed by atoms with E-state index in [1.165, 1.54) is 11.3 Å². The van der Waals surface area contributed by atoms with E-state index in [9.17, 15) is 4.79 Å². The average molecular weight is 512 g/mol. The molecule has 1 aliphatic carbocycles. The van der Waals surface area contributed by atoms with E-state index in [1.54, 1.807) is 6.33 Å². The molecular weight excluding hydrogens is 474 g/mol. The fraction of sp³-hybridized carbons (Fsp3) is 0.607. The summed E-state index contributed by atoms with van der Waals surface area (Å²) in [6, 6.07) is 7.62. The van der Waals surface area contributed by atoms with Crippen molar-refractivity contribution in [1.29, 1.82) is 0 Å². The maximum Gasteiger partial charge on any atom is 0.240 e. The summed E-state index contributed by atoms with van der Waals surface area (Å²) < 4.78 is 5.50. The van der Waals surface area contributed by atoms with Gasteiger partial charge >= 0.3 is 0 Å². The smallest absolute Gasteiger partial charge is 0.240 e. The van der Waals surface area contributed by atoms with Gasteiger partial charge in [0.15, 0.2) is 0 Å². The molecule has 0 saturated carbocycles. The van der Waals surface area contributed by atoms with E-state index in [4.69, 9.17) is 16.3 Å². The van der Waals surface area contributed by atoms with E-state index in [-0.39, 0.29) is 11.9 Å². The van der Waals surface area contributed by atoms with Gasteiger partial charge in [-0.2, -0.15) is 0 Å². The predicted octanol–water partition coefficient (Wildman–Crippen LogP) is 3.85. The molecule has 1 N–H and O–H groups in total. The Bertz CT molecular complexity index is 1020. The molecule has 3 heterocycles. The lowest BCUT2D eigenvalue weighted by Gasteiger charge is -2.38. The zero-order valence-corrected chi connectivity index (χ0v) is 22.1. The quantitative estimate of drug-likeness (QED) is 0.580. The van der Waals surface area contributed by atoms with Crippen molar-refractivity contribution in [3.63, 3.8) is 0 Å². The van der Waals surface area contributed by atoms with Crippen LogP contribution in [0.3, 0.4) is 0 Å². The Morgan fingerprint density at radius 1 is 1.11 bits per heavy atom. The lowest BCUT2D eigenvalue weighted by Crippen LogP contribution is -2.55. The molecule has 1 aromatic heterocycles. The second kappa shape index (κ2) is 11.9. The Labute approximate surface area is 219 Å². The highest BCUT2D eigenvalue weighted by Gasteiger charge is 2.31. The van der Waals surface area contributed by atoms with Gasteiger partial charge < -0.3 is 19.9 Å². The third kappa shape index (κ3) is 6.01. The number of hydrogen-bond donors (Lipinski definition) is 1. The van der Waals surface area contributed by atoms with Crippen LogP contribution in [0.15, 0.2) is 30.6 Å². The van der Waals surface area contributed by atoms with Crippen molar-refractivity contribution in [2.24, 2.45) is 5.92 Å². The number of halogens is 1. The maximum absolute atomic E-state index is 13.7. The van der Waals surface area contributed by atoms with E-state index in [0.29, 0.717) is 31.3 Å². The molecule has 2 aliphatic heterocycles. The number of carbonyl (C=O) groups is 1. The van der Waals surface area contributed by atoms with Gasteiger partial charge in [-0.3, -0.25) is 4.79 Å². The highest BCUT2D eigenvalue weighted by Crippen LogP contribution is 2.37. The molecule has 5 rings (SSSR count). The maximum atomic E-state index is 13.7. The van der Waals surface area contributed by atoms with Crippen LogP contribution in [0.4, 0.5) is 5.82 Å². The summed E-state index contributed by atoms with van der Waals surface area (Å²) in [6.45, 7) is 7.86. The van der Waals surface area contributed by atoms with Crippen LogP contribution in [0.2, 0.25) is 5.02 Å². The number of carbonyl (C=O) groups excluding carboxylic acids is 1. The van der Waals surface area contributed by atoms with Crippen LogP contribution in [0.1, 0.15) is 55.3 Å². The minimum Gasteiger partial charge on any atom is -0.381 e. The molecule has 2 fully saturated rings. The van der Waals surface area contributed by atoms with Crippen LogP contribution in [-0.2, 0) is 22.4 Å². The van der Waals surface area contributed by atoms with Crippen molar-refractivity contribution in [3.05, 3.63) is 52.4 Å². The third-order valence-electron chi connectivity index (χ3n) is 8.08. The molecule has 2 atom stereocenters. The molecule has 8 heteroatoms. The molecular formula is C28H38ClN5O2. The van der Waals surface area contributed by atoms with Gasteiger partial charge in [0, 0.05) is 55.7 Å². The number of aryl methyl sites for hydroxylation is 1. The van der Waals surface area contributed by atoms with Gasteiger partial charge in [-0.1, -0.05) is 30.7 Å². The van der Waals surface area contributed by atoms with Gasteiger partial charge in [0.25, 0.3) is 0 Å². The zero-order chi connectivity index (χ0) is 24.9. The summed E-state index contributed by atoms with van der Waals surface area (Å²) >= 11 is 6.10. The van der Waals surface area contributed by atoms with Gasteiger partial charge in [-0.15, -0.1) is 0 Å². The Hall–Kier alpha value is -2.22. The third-order valence-corrected chi connectivity index (χ3v) is 8.33. The molecule has 1 unspecified atom stereocenters. The Kier molecular flexibility index (Phi) is 8.40. The zero-order valence-electron chi connectivity index (χ0n) is 21.3. The summed E-state index contributed by atoms with van der Waals surface area (Å²) in [7, 11) is 0. The van der Waals surface area contributed by atoms with Crippen molar-refractivity contribution < 1.29 is 9.53 Å². The van der Waals surface area contributed by atoms with Gasteiger partial charge in [-0.25, -0.2) is 9.97 Å². The van der Waals surface area contributed by atoms with Gasteiger partial charge in [0.05, 0.1) is 6.04 Å². The van der Waals surface area contributed by atoms with E-state index >= 15 is 0 Å². The molecule has 36 heavy (non-hydrogen) atoms. The Morgan fingerprint density at radius 3 is 2.61 bits per heavy atom. The number of piperazine rings is 1. The van der Waals surface area contributed by atoms with Gasteiger partial charge in [-0.05, 0) is 74.6 Å². The lowest BCUT2D eigenvalue weighted by atomic mass is 9.96. The number of hydrogen-bond acceptors (Lipinski definition) is 6. The molecule has 1 aromatic carbocycles. The van der Waals surface area contributed by atoms with Crippen LogP contribution in [-0.4, -0.2) is 72.8 Å². The van der Waals surface area contributed by atoms with Crippen molar-refractivity contribution in [2.45, 2.75) is 57.4 Å². The van der Waals surface area contributed by atoms with Crippen molar-refractivity contribution in [1.82, 2.24) is 20.2 Å². The first-order chi connectivity index (χ1) is 17.6. The number of amides is 1. The summed E-state index contributed by atoms with van der Waals surface area (Å²) in [5, 5.41) is 4.33. The normalized spacial score (nSPS) is 21.4. The fourth-order valence-corrected chi connectivity index (χ4v) is 5.96. The SMILES string of the molecule is C[C@@H]1CCc2ncnc(N3CCN(C(=O)C(Cc4ccc(Cl)cc4)NCCC4CCOCC4)CC3)c21. The second-order valence-electron chi connectivity index (χ2n) is 10.5. The molecule has 0 spiro atoms. The van der Waals surface area contributed by atoms with E-state index in [1.807, 2.05) is 29.2 Å². The van der Waals surface area contributed by atoms with Gasteiger partial charge in [0.1, 0.15) is 12.1 Å². The van der Waals surface area contributed by atoms with Gasteiger partial charge in [0.2, 0.25) is 5.91 Å². The standard InChI is InChI=1S/C28H38ClN5O2/c1-20-2-7-24-26(20)27(32-19-31-24)33-12-14-34(15-13-33)28(35)25(18-22-3-5-23(29)6-4-22)30-11-8-21-9-16-36-17-10-21/h3-6,19-21,25,30H,2,7-18H2,1H3/t20-,25?/m1/s1. The van der Waals surface area contributed by atoms with Crippen LogP contribution in [0.25, 0.3) is 0 Å². The number of nitrogens with zero attached hydrogens (tertiary/aromatic N) is 4. The lowest BCUT2D eigenvalue weighted by molar-refractivity contribution is -0.133. The Balaban J connectivity index is 1.21. The fourth-order valence-electron chi connectivity index (χ4n) is 5.83. The summed E-state index contributed by atoms with van der Waals surface area (Å²) in [6.07, 6.45) is 7.87. The topological polar surface area (TPSA) is 70.6 Å². The van der Waals surface area contributed by atoms with Crippen LogP contribution in [0, 0.1) is 5.92 Å². The summed E-state index contributed by atoms with van der Waals surface area (Å²) in [5.41, 5.74) is 3.64. The Morgan fingerprint density at radius 2 is 1.86 bits per heavy atom. The first-order valence-corrected chi connectivity index (χ1v) is 13.9.